The minimum Gasteiger partial charge on any atom is -0.495 e. The topological polar surface area (TPSA) is 95.2 Å². The van der Waals surface area contributed by atoms with Crippen LogP contribution in [0.3, 0.4) is 0 Å². The fourth-order valence-corrected chi connectivity index (χ4v) is 3.60. The Labute approximate surface area is 198 Å². The van der Waals surface area contributed by atoms with Crippen molar-refractivity contribution in [3.05, 3.63) is 72.6 Å². The van der Waals surface area contributed by atoms with Crippen molar-refractivity contribution in [2.24, 2.45) is 0 Å². The van der Waals surface area contributed by atoms with Gasteiger partial charge in [-0.2, -0.15) is 0 Å². The number of para-hydroxylation sites is 1. The predicted octanol–water partition coefficient (Wildman–Crippen LogP) is 4.74. The van der Waals surface area contributed by atoms with Gasteiger partial charge in [-0.15, -0.1) is 0 Å². The van der Waals surface area contributed by atoms with Crippen LogP contribution in [-0.4, -0.2) is 53.5 Å². The maximum absolute atomic E-state index is 12.4. The van der Waals surface area contributed by atoms with Gasteiger partial charge >= 0.3 is 0 Å². The summed E-state index contributed by atoms with van der Waals surface area (Å²) in [6, 6.07) is 13.6. The number of nitrogens with zero attached hydrogens (tertiary/aromatic N) is 3. The maximum Gasteiger partial charge on any atom is 0.248 e. The number of aromatic nitrogens is 3. The standard InChI is InChI=1S/C26H28N6O2/c1-17-14-24(34-4)23(15-22(17)29-25(33)10-7-13-32(2)3)31-26-27-12-11-21(30-26)19-16-28-20-9-6-5-8-18(19)20/h5-12,14-16,28H,13H2,1-4H3,(H,29,33)(H,27,30,31)/b10-7+. The SMILES string of the molecule is COc1cc(C)c(NC(=O)/C=C/CN(C)C)cc1Nc1nccc(-c2c[nH]c3ccccc23)n1. The Morgan fingerprint density at radius 1 is 1.18 bits per heavy atom. The van der Waals surface area contributed by atoms with Gasteiger partial charge in [0, 0.05) is 47.2 Å². The van der Waals surface area contributed by atoms with Crippen LogP contribution in [0.4, 0.5) is 17.3 Å². The zero-order valence-corrected chi connectivity index (χ0v) is 19.7. The first-order chi connectivity index (χ1) is 16.4. The summed E-state index contributed by atoms with van der Waals surface area (Å²) in [7, 11) is 5.50. The number of methoxy groups -OCH3 is 1. The molecule has 174 valence electrons. The van der Waals surface area contributed by atoms with E-state index in [1.807, 2.05) is 74.6 Å². The number of fused-ring (bicyclic) bond motifs is 1. The Kier molecular flexibility index (Phi) is 6.89. The zero-order valence-electron chi connectivity index (χ0n) is 19.7. The van der Waals surface area contributed by atoms with Gasteiger partial charge in [0.2, 0.25) is 11.9 Å². The first-order valence-corrected chi connectivity index (χ1v) is 10.9. The lowest BCUT2D eigenvalue weighted by Gasteiger charge is -2.15. The number of benzene rings is 2. The third-order valence-corrected chi connectivity index (χ3v) is 5.31. The largest absolute Gasteiger partial charge is 0.495 e. The number of carbonyl (C=O) groups excluding carboxylic acids is 1. The van der Waals surface area contributed by atoms with Gasteiger partial charge in [0.25, 0.3) is 0 Å². The van der Waals surface area contributed by atoms with Crippen molar-refractivity contribution in [2.45, 2.75) is 6.92 Å². The van der Waals surface area contributed by atoms with E-state index < -0.39 is 0 Å². The molecule has 0 fully saturated rings. The number of aryl methyl sites for hydroxylation is 1. The fraction of sp³-hybridized carbons (Fsp3) is 0.192. The lowest BCUT2D eigenvalue weighted by Crippen LogP contribution is -2.13. The Morgan fingerprint density at radius 3 is 2.79 bits per heavy atom. The molecule has 8 heteroatoms. The lowest BCUT2D eigenvalue weighted by molar-refractivity contribution is -0.111. The summed E-state index contributed by atoms with van der Waals surface area (Å²) in [5, 5.41) is 7.26. The summed E-state index contributed by atoms with van der Waals surface area (Å²) < 4.78 is 5.55. The molecule has 2 heterocycles. The maximum atomic E-state index is 12.4. The van der Waals surface area contributed by atoms with Crippen LogP contribution in [0.25, 0.3) is 22.2 Å². The van der Waals surface area contributed by atoms with Crippen LogP contribution in [0, 0.1) is 6.92 Å². The highest BCUT2D eigenvalue weighted by molar-refractivity contribution is 6.00. The van der Waals surface area contributed by atoms with Gasteiger partial charge in [0.05, 0.1) is 18.5 Å². The molecular weight excluding hydrogens is 428 g/mol. The van der Waals surface area contributed by atoms with Gasteiger partial charge in [-0.3, -0.25) is 4.79 Å². The van der Waals surface area contributed by atoms with Crippen molar-refractivity contribution >= 4 is 34.1 Å². The third-order valence-electron chi connectivity index (χ3n) is 5.31. The number of aromatic amines is 1. The van der Waals surface area contributed by atoms with E-state index in [1.54, 1.807) is 13.3 Å². The molecule has 0 aliphatic heterocycles. The summed E-state index contributed by atoms with van der Waals surface area (Å²) in [4.78, 5) is 26.7. The van der Waals surface area contributed by atoms with E-state index in [-0.39, 0.29) is 5.91 Å². The van der Waals surface area contributed by atoms with E-state index >= 15 is 0 Å². The highest BCUT2D eigenvalue weighted by Gasteiger charge is 2.13. The molecule has 4 rings (SSSR count). The summed E-state index contributed by atoms with van der Waals surface area (Å²) in [6.07, 6.45) is 7.01. The minimum atomic E-state index is -0.196. The molecule has 0 aliphatic carbocycles. The average molecular weight is 457 g/mol. The van der Waals surface area contributed by atoms with Crippen LogP contribution in [0.2, 0.25) is 0 Å². The van der Waals surface area contributed by atoms with Crippen LogP contribution in [0.5, 0.6) is 5.75 Å². The third kappa shape index (κ3) is 5.24. The Balaban J connectivity index is 1.60. The molecule has 0 atom stereocenters. The highest BCUT2D eigenvalue weighted by atomic mass is 16.5. The molecular formula is C26H28N6O2. The molecule has 0 saturated heterocycles. The highest BCUT2D eigenvalue weighted by Crippen LogP contribution is 2.33. The van der Waals surface area contributed by atoms with Crippen LogP contribution in [0.1, 0.15) is 5.56 Å². The second kappa shape index (κ2) is 10.2. The van der Waals surface area contributed by atoms with E-state index in [0.717, 1.165) is 27.7 Å². The smallest absolute Gasteiger partial charge is 0.248 e. The summed E-state index contributed by atoms with van der Waals surface area (Å²) in [6.45, 7) is 2.60. The molecule has 0 saturated carbocycles. The number of nitrogens with one attached hydrogen (secondary N) is 3. The molecule has 0 bridgehead atoms. The van der Waals surface area contributed by atoms with Gasteiger partial charge in [0.15, 0.2) is 0 Å². The molecule has 2 aromatic heterocycles. The lowest BCUT2D eigenvalue weighted by atomic mass is 10.1. The first-order valence-electron chi connectivity index (χ1n) is 10.9. The number of likely N-dealkylation sites (N-methyl/N-ethyl adjacent to an activating group) is 1. The number of rotatable bonds is 8. The number of hydrogen-bond donors (Lipinski definition) is 3. The Morgan fingerprint density at radius 2 is 2.00 bits per heavy atom. The molecule has 1 amide bonds. The Bertz CT molecular complexity index is 1340. The molecule has 3 N–H and O–H groups in total. The van der Waals surface area contributed by atoms with Crippen LogP contribution in [-0.2, 0) is 4.79 Å². The monoisotopic (exact) mass is 456 g/mol. The molecule has 8 nitrogen and oxygen atoms in total. The number of amides is 1. The van der Waals surface area contributed by atoms with Crippen molar-refractivity contribution in [3.8, 4) is 17.0 Å². The number of H-pyrrole nitrogens is 1. The fourth-order valence-electron chi connectivity index (χ4n) is 3.60. The second-order valence-corrected chi connectivity index (χ2v) is 8.16. The molecule has 0 spiro atoms. The predicted molar refractivity (Wildman–Crippen MR) is 137 cm³/mol. The van der Waals surface area contributed by atoms with Crippen molar-refractivity contribution in [1.29, 1.82) is 0 Å². The van der Waals surface area contributed by atoms with E-state index in [0.29, 0.717) is 29.6 Å². The molecule has 4 aromatic rings. The molecule has 2 aromatic carbocycles. The van der Waals surface area contributed by atoms with Gasteiger partial charge in [-0.1, -0.05) is 24.3 Å². The van der Waals surface area contributed by atoms with E-state index in [1.165, 1.54) is 6.08 Å². The van der Waals surface area contributed by atoms with E-state index in [9.17, 15) is 4.79 Å². The average Bonchev–Trinajstić information content (AvgIpc) is 3.25. The number of anilines is 3. The molecule has 0 aliphatic rings. The summed E-state index contributed by atoms with van der Waals surface area (Å²) >= 11 is 0. The second-order valence-electron chi connectivity index (χ2n) is 8.16. The Hall–Kier alpha value is -4.17. The van der Waals surface area contributed by atoms with Crippen LogP contribution in [0.15, 0.2) is 67.0 Å². The van der Waals surface area contributed by atoms with Crippen molar-refractivity contribution in [3.63, 3.8) is 0 Å². The van der Waals surface area contributed by atoms with Crippen molar-refractivity contribution in [1.82, 2.24) is 19.9 Å². The molecule has 34 heavy (non-hydrogen) atoms. The number of ether oxygens (including phenoxy) is 1. The number of carbonyl (C=O) groups is 1. The first kappa shape index (κ1) is 23.0. The van der Waals surface area contributed by atoms with E-state index in [4.69, 9.17) is 9.72 Å². The summed E-state index contributed by atoms with van der Waals surface area (Å²) in [5.74, 6) is 0.853. The van der Waals surface area contributed by atoms with Crippen LogP contribution >= 0.6 is 0 Å². The summed E-state index contributed by atoms with van der Waals surface area (Å²) in [5.41, 5.74) is 5.04. The minimum absolute atomic E-state index is 0.196. The van der Waals surface area contributed by atoms with Gasteiger partial charge in [0.1, 0.15) is 5.75 Å². The normalized spacial score (nSPS) is 11.3. The molecule has 0 unspecified atom stereocenters. The number of hydrogen-bond acceptors (Lipinski definition) is 6. The van der Waals surface area contributed by atoms with Gasteiger partial charge in [-0.05, 0) is 50.8 Å². The van der Waals surface area contributed by atoms with Crippen LogP contribution < -0.4 is 15.4 Å². The molecule has 0 radical (unpaired) electrons. The quantitative estimate of drug-likeness (QED) is 0.332. The van der Waals surface area contributed by atoms with Crippen molar-refractivity contribution in [2.75, 3.05) is 38.4 Å². The van der Waals surface area contributed by atoms with E-state index in [2.05, 4.69) is 26.7 Å². The van der Waals surface area contributed by atoms with Crippen molar-refractivity contribution < 1.29 is 9.53 Å². The van der Waals surface area contributed by atoms with Gasteiger partial charge in [-0.25, -0.2) is 9.97 Å². The van der Waals surface area contributed by atoms with Gasteiger partial charge < -0.3 is 25.3 Å². The zero-order chi connectivity index (χ0) is 24.1.